The lowest BCUT2D eigenvalue weighted by Gasteiger charge is -2.64. The molecule has 2 fully saturated rings. The third kappa shape index (κ3) is 2.01. The van der Waals surface area contributed by atoms with E-state index >= 15 is 0 Å². The Labute approximate surface area is 152 Å². The van der Waals surface area contributed by atoms with Crippen LogP contribution >= 0.6 is 0 Å². The highest BCUT2D eigenvalue weighted by Gasteiger charge is 2.84. The Bertz CT molecular complexity index is 776. The molecule has 1 aromatic carbocycles. The molecule has 1 aliphatic carbocycles. The Kier molecular flexibility index (Phi) is 4.17. The van der Waals surface area contributed by atoms with Gasteiger partial charge in [-0.05, 0) is 18.9 Å². The predicted molar refractivity (Wildman–Crippen MR) is 93.8 cm³/mol. The second-order valence-corrected chi connectivity index (χ2v) is 7.08. The highest BCUT2D eigenvalue weighted by atomic mass is 16.6. The maximum atomic E-state index is 13.1. The Morgan fingerprint density at radius 2 is 2.00 bits per heavy atom. The summed E-state index contributed by atoms with van der Waals surface area (Å²) in [6, 6.07) is 9.24. The van der Waals surface area contributed by atoms with Gasteiger partial charge in [0.2, 0.25) is 0 Å². The van der Waals surface area contributed by atoms with Gasteiger partial charge in [0.15, 0.2) is 6.10 Å². The number of fused-ring (bicyclic) bond motifs is 1. The molecule has 6 nitrogen and oxygen atoms in total. The van der Waals surface area contributed by atoms with Gasteiger partial charge in [-0.25, -0.2) is 0 Å². The number of carbonyl (C=O) groups excluding carboxylic acids is 3. The number of amides is 1. The molecule has 0 bridgehead atoms. The summed E-state index contributed by atoms with van der Waals surface area (Å²) in [4.78, 5) is 37.6. The molecular weight excluding hydrogens is 334 g/mol. The van der Waals surface area contributed by atoms with Crippen molar-refractivity contribution in [1.29, 1.82) is 0 Å². The molecule has 1 heterocycles. The number of rotatable bonds is 5. The van der Waals surface area contributed by atoms with Gasteiger partial charge in [-0.1, -0.05) is 43.3 Å². The van der Waals surface area contributed by atoms with Gasteiger partial charge >= 0.3 is 11.9 Å². The number of ether oxygens (including phenoxy) is 2. The standard InChI is InChI=1S/C20H23NO5/c1-5-18(4)12-19(17(24)25-6-2)15(26-13(3)22)16(23)21-20(18,19)14-10-8-7-9-11-14/h5,7-11,15H,1,6,12H2,2-4H3,(H,21,23)/t15-,18-,19+,20+/m0/s1. The lowest BCUT2D eigenvalue weighted by molar-refractivity contribution is -0.208. The topological polar surface area (TPSA) is 81.7 Å². The first-order chi connectivity index (χ1) is 12.3. The van der Waals surface area contributed by atoms with E-state index in [2.05, 4.69) is 11.9 Å². The van der Waals surface area contributed by atoms with Crippen LogP contribution in [-0.2, 0) is 29.4 Å². The van der Waals surface area contributed by atoms with Crippen LogP contribution in [0.25, 0.3) is 0 Å². The van der Waals surface area contributed by atoms with Crippen LogP contribution in [0.1, 0.15) is 32.8 Å². The fraction of sp³-hybridized carbons (Fsp3) is 0.450. The van der Waals surface area contributed by atoms with Crippen LogP contribution in [0.4, 0.5) is 0 Å². The molecule has 1 N–H and O–H groups in total. The fourth-order valence-corrected chi connectivity index (χ4v) is 4.75. The van der Waals surface area contributed by atoms with Crippen molar-refractivity contribution in [3.05, 3.63) is 48.6 Å². The van der Waals surface area contributed by atoms with E-state index in [1.807, 2.05) is 37.3 Å². The third-order valence-corrected chi connectivity index (χ3v) is 5.75. The normalized spacial score (nSPS) is 34.9. The first-order valence-electron chi connectivity index (χ1n) is 8.64. The highest BCUT2D eigenvalue weighted by Crippen LogP contribution is 2.72. The van der Waals surface area contributed by atoms with E-state index in [9.17, 15) is 14.4 Å². The molecule has 4 atom stereocenters. The number of nitrogens with one attached hydrogen (secondary N) is 1. The van der Waals surface area contributed by atoms with Crippen LogP contribution in [0.15, 0.2) is 43.0 Å². The van der Waals surface area contributed by atoms with Gasteiger partial charge in [0.25, 0.3) is 5.91 Å². The summed E-state index contributed by atoms with van der Waals surface area (Å²) in [5, 5.41) is 2.97. The van der Waals surface area contributed by atoms with Gasteiger partial charge in [0, 0.05) is 12.3 Å². The van der Waals surface area contributed by atoms with E-state index in [1.54, 1.807) is 13.0 Å². The largest absolute Gasteiger partial charge is 0.465 e. The summed E-state index contributed by atoms with van der Waals surface area (Å²) in [6.45, 7) is 8.94. The molecule has 26 heavy (non-hydrogen) atoms. The van der Waals surface area contributed by atoms with Crippen LogP contribution in [-0.4, -0.2) is 30.6 Å². The molecule has 1 aliphatic heterocycles. The first-order valence-corrected chi connectivity index (χ1v) is 8.64. The van der Waals surface area contributed by atoms with Crippen LogP contribution in [0, 0.1) is 10.8 Å². The summed E-state index contributed by atoms with van der Waals surface area (Å²) in [5.41, 5.74) is -2.28. The summed E-state index contributed by atoms with van der Waals surface area (Å²) < 4.78 is 10.7. The highest BCUT2D eigenvalue weighted by molar-refractivity contribution is 5.99. The summed E-state index contributed by atoms with van der Waals surface area (Å²) in [6.07, 6.45) is 0.786. The molecule has 1 saturated heterocycles. The predicted octanol–water partition coefficient (Wildman–Crippen LogP) is 2.09. The van der Waals surface area contributed by atoms with E-state index in [1.165, 1.54) is 6.92 Å². The Hall–Kier alpha value is -2.63. The van der Waals surface area contributed by atoms with Crippen molar-refractivity contribution >= 4 is 17.8 Å². The Morgan fingerprint density at radius 3 is 2.54 bits per heavy atom. The van der Waals surface area contributed by atoms with E-state index < -0.39 is 40.3 Å². The summed E-state index contributed by atoms with van der Waals surface area (Å²) >= 11 is 0. The van der Waals surface area contributed by atoms with Crippen molar-refractivity contribution < 1.29 is 23.9 Å². The molecule has 0 unspecified atom stereocenters. The molecule has 138 valence electrons. The Morgan fingerprint density at radius 1 is 1.35 bits per heavy atom. The van der Waals surface area contributed by atoms with Crippen molar-refractivity contribution in [1.82, 2.24) is 5.32 Å². The van der Waals surface area contributed by atoms with Gasteiger partial charge < -0.3 is 14.8 Å². The molecule has 6 heteroatoms. The average molecular weight is 357 g/mol. The smallest absolute Gasteiger partial charge is 0.319 e. The SMILES string of the molecule is C=C[C@@]1(C)C[C@]2(C(=O)OCC)[C@@H](OC(C)=O)C(=O)N[C@]12c1ccccc1. The van der Waals surface area contributed by atoms with E-state index in [4.69, 9.17) is 9.47 Å². The van der Waals surface area contributed by atoms with E-state index in [0.717, 1.165) is 5.56 Å². The minimum Gasteiger partial charge on any atom is -0.465 e. The Balaban J connectivity index is 2.26. The second-order valence-electron chi connectivity index (χ2n) is 7.08. The summed E-state index contributed by atoms with van der Waals surface area (Å²) in [7, 11) is 0. The van der Waals surface area contributed by atoms with Crippen LogP contribution < -0.4 is 5.32 Å². The second kappa shape index (κ2) is 5.97. The lowest BCUT2D eigenvalue weighted by Crippen LogP contribution is -2.74. The summed E-state index contributed by atoms with van der Waals surface area (Å²) in [5.74, 6) is -1.67. The van der Waals surface area contributed by atoms with Gasteiger partial charge in [-0.2, -0.15) is 0 Å². The first kappa shape index (κ1) is 18.2. The average Bonchev–Trinajstić information content (AvgIpc) is 2.82. The number of carbonyl (C=O) groups is 3. The maximum Gasteiger partial charge on any atom is 0.319 e. The molecular formula is C20H23NO5. The van der Waals surface area contributed by atoms with Gasteiger partial charge in [0.05, 0.1) is 12.1 Å². The zero-order chi connectivity index (χ0) is 19.2. The molecule has 1 saturated carbocycles. The van der Waals surface area contributed by atoms with E-state index in [0.29, 0.717) is 0 Å². The monoisotopic (exact) mass is 357 g/mol. The third-order valence-electron chi connectivity index (χ3n) is 5.75. The van der Waals surface area contributed by atoms with Crippen molar-refractivity contribution in [3.8, 4) is 0 Å². The van der Waals surface area contributed by atoms with Crippen LogP contribution in [0.3, 0.4) is 0 Å². The zero-order valence-corrected chi connectivity index (χ0v) is 15.2. The molecule has 0 spiro atoms. The van der Waals surface area contributed by atoms with Crippen molar-refractivity contribution in [3.63, 3.8) is 0 Å². The number of esters is 2. The van der Waals surface area contributed by atoms with Crippen LogP contribution in [0.2, 0.25) is 0 Å². The molecule has 0 aromatic heterocycles. The zero-order valence-electron chi connectivity index (χ0n) is 15.2. The maximum absolute atomic E-state index is 13.1. The number of hydrogen-bond acceptors (Lipinski definition) is 5. The van der Waals surface area contributed by atoms with Crippen molar-refractivity contribution in [2.45, 2.75) is 38.8 Å². The molecule has 1 amide bonds. The van der Waals surface area contributed by atoms with Crippen molar-refractivity contribution in [2.75, 3.05) is 6.61 Å². The molecule has 1 aromatic rings. The minimum atomic E-state index is -1.34. The number of benzene rings is 1. The molecule has 0 radical (unpaired) electrons. The van der Waals surface area contributed by atoms with Gasteiger partial charge in [-0.3, -0.25) is 14.4 Å². The van der Waals surface area contributed by atoms with Crippen molar-refractivity contribution in [2.24, 2.45) is 10.8 Å². The fourth-order valence-electron chi connectivity index (χ4n) is 4.75. The lowest BCUT2D eigenvalue weighted by atomic mass is 9.39. The quantitative estimate of drug-likeness (QED) is 0.645. The van der Waals surface area contributed by atoms with Crippen LogP contribution in [0.5, 0.6) is 0 Å². The number of hydrogen-bond donors (Lipinski definition) is 1. The van der Waals surface area contributed by atoms with E-state index in [-0.39, 0.29) is 13.0 Å². The minimum absolute atomic E-state index is 0.164. The molecule has 3 rings (SSSR count). The molecule has 2 aliphatic rings. The van der Waals surface area contributed by atoms with Gasteiger partial charge in [0.1, 0.15) is 5.41 Å². The van der Waals surface area contributed by atoms with Gasteiger partial charge in [-0.15, -0.1) is 6.58 Å².